The molecule has 22 heavy (non-hydrogen) atoms. The molecule has 0 amide bonds. The van der Waals surface area contributed by atoms with Crippen LogP contribution >= 0.6 is 0 Å². The molecule has 0 heterocycles. The molecule has 2 radical (unpaired) electrons. The Morgan fingerprint density at radius 2 is 1.41 bits per heavy atom. The topological polar surface area (TPSA) is 9.23 Å². The maximum Gasteiger partial charge on any atom is 0.0716 e. The Hall–Kier alpha value is -0.603. The largest absolute Gasteiger partial charge is 0.377 e. The van der Waals surface area contributed by atoms with E-state index in [-0.39, 0.29) is 0 Å². The highest BCUT2D eigenvalue weighted by Gasteiger charge is 1.95. The first kappa shape index (κ1) is 19.4. The minimum Gasteiger partial charge on any atom is -0.377 e. The Morgan fingerprint density at radius 3 is 2.14 bits per heavy atom. The SMILES string of the molecule is CCCCCCCC[Si]CCCCCOCc1ccccc1. The average molecular weight is 319 g/mol. The van der Waals surface area contributed by atoms with E-state index in [2.05, 4.69) is 37.3 Å². The van der Waals surface area contributed by atoms with E-state index in [1.54, 1.807) is 0 Å². The molecule has 2 heteroatoms. The van der Waals surface area contributed by atoms with Crippen LogP contribution in [0.4, 0.5) is 0 Å². The van der Waals surface area contributed by atoms with Gasteiger partial charge in [0.1, 0.15) is 0 Å². The van der Waals surface area contributed by atoms with Crippen LogP contribution in [-0.2, 0) is 11.3 Å². The van der Waals surface area contributed by atoms with Crippen molar-refractivity contribution in [2.24, 2.45) is 0 Å². The Kier molecular flexibility index (Phi) is 13.5. The molecule has 0 spiro atoms. The maximum atomic E-state index is 5.71. The fourth-order valence-electron chi connectivity index (χ4n) is 2.55. The number of hydrogen-bond donors (Lipinski definition) is 0. The van der Waals surface area contributed by atoms with Crippen molar-refractivity contribution in [3.63, 3.8) is 0 Å². The summed E-state index contributed by atoms with van der Waals surface area (Å²) in [5.74, 6) is 0. The van der Waals surface area contributed by atoms with Crippen LogP contribution < -0.4 is 0 Å². The molecule has 0 saturated heterocycles. The van der Waals surface area contributed by atoms with Gasteiger partial charge in [0.05, 0.1) is 6.61 Å². The Bertz CT molecular complexity index is 326. The summed E-state index contributed by atoms with van der Waals surface area (Å²) in [6.07, 6.45) is 12.5. The van der Waals surface area contributed by atoms with Gasteiger partial charge in [-0.3, -0.25) is 0 Å². The molecule has 0 aliphatic heterocycles. The third-order valence-electron chi connectivity index (χ3n) is 3.96. The normalized spacial score (nSPS) is 11.0. The molecule has 1 aromatic rings. The molecule has 0 aliphatic carbocycles. The second-order valence-corrected chi connectivity index (χ2v) is 7.62. The Balaban J connectivity index is 1.73. The monoisotopic (exact) mass is 318 g/mol. The zero-order valence-corrected chi connectivity index (χ0v) is 15.5. The zero-order valence-electron chi connectivity index (χ0n) is 14.5. The highest BCUT2D eigenvalue weighted by atomic mass is 28.2. The van der Waals surface area contributed by atoms with Crippen molar-refractivity contribution in [2.75, 3.05) is 6.61 Å². The van der Waals surface area contributed by atoms with Crippen molar-refractivity contribution in [2.45, 2.75) is 83.4 Å². The number of benzene rings is 1. The molecule has 0 unspecified atom stereocenters. The molecule has 1 nitrogen and oxygen atoms in total. The van der Waals surface area contributed by atoms with Crippen LogP contribution in [0.1, 0.15) is 70.3 Å². The first-order chi connectivity index (χ1) is 10.9. The molecule has 0 atom stereocenters. The summed E-state index contributed by atoms with van der Waals surface area (Å²) >= 11 is 0. The van der Waals surface area contributed by atoms with Crippen LogP contribution in [0.5, 0.6) is 0 Å². The van der Waals surface area contributed by atoms with E-state index in [9.17, 15) is 0 Å². The Morgan fingerprint density at radius 1 is 0.773 bits per heavy atom. The van der Waals surface area contributed by atoms with Crippen LogP contribution in [0, 0.1) is 0 Å². The van der Waals surface area contributed by atoms with Crippen molar-refractivity contribution in [1.82, 2.24) is 0 Å². The van der Waals surface area contributed by atoms with Gasteiger partial charge in [-0.05, 0) is 12.0 Å². The van der Waals surface area contributed by atoms with Gasteiger partial charge < -0.3 is 4.74 Å². The minimum absolute atomic E-state index is 0.765. The number of rotatable bonds is 15. The molecule has 1 aromatic carbocycles. The van der Waals surface area contributed by atoms with Crippen LogP contribution in [0.15, 0.2) is 30.3 Å². The summed E-state index contributed by atoms with van der Waals surface area (Å²) in [6, 6.07) is 13.4. The van der Waals surface area contributed by atoms with E-state index in [4.69, 9.17) is 4.74 Å². The number of hydrogen-bond acceptors (Lipinski definition) is 1. The summed E-state index contributed by atoms with van der Waals surface area (Å²) in [7, 11) is 1.19. The molecule has 0 saturated carbocycles. The van der Waals surface area contributed by atoms with Gasteiger partial charge in [-0.15, -0.1) is 0 Å². The predicted molar refractivity (Wildman–Crippen MR) is 98.7 cm³/mol. The molecule has 0 fully saturated rings. The zero-order chi connectivity index (χ0) is 15.7. The molecule has 0 bridgehead atoms. The summed E-state index contributed by atoms with van der Waals surface area (Å²) < 4.78 is 5.71. The van der Waals surface area contributed by atoms with E-state index in [1.807, 2.05) is 0 Å². The van der Waals surface area contributed by atoms with Crippen LogP contribution in [-0.4, -0.2) is 16.1 Å². The van der Waals surface area contributed by atoms with Gasteiger partial charge >= 0.3 is 0 Å². The van der Waals surface area contributed by atoms with Gasteiger partial charge in [0.25, 0.3) is 0 Å². The van der Waals surface area contributed by atoms with Crippen LogP contribution in [0.3, 0.4) is 0 Å². The molecule has 1 rings (SSSR count). The first-order valence-electron chi connectivity index (χ1n) is 9.26. The Labute approximate surface area is 140 Å². The van der Waals surface area contributed by atoms with E-state index in [0.29, 0.717) is 0 Å². The van der Waals surface area contributed by atoms with Crippen molar-refractivity contribution in [1.29, 1.82) is 0 Å². The molecule has 0 aliphatic rings. The highest BCUT2D eigenvalue weighted by Crippen LogP contribution is 2.09. The smallest absolute Gasteiger partial charge is 0.0716 e. The van der Waals surface area contributed by atoms with Crippen molar-refractivity contribution >= 4 is 9.52 Å². The minimum atomic E-state index is 0.765. The maximum absolute atomic E-state index is 5.71. The van der Waals surface area contributed by atoms with Crippen LogP contribution in [0.2, 0.25) is 12.1 Å². The third kappa shape index (κ3) is 12.0. The van der Waals surface area contributed by atoms with E-state index in [0.717, 1.165) is 13.2 Å². The molecule has 0 N–H and O–H groups in total. The van der Waals surface area contributed by atoms with E-state index >= 15 is 0 Å². The van der Waals surface area contributed by atoms with Gasteiger partial charge in [-0.25, -0.2) is 0 Å². The van der Waals surface area contributed by atoms with E-state index in [1.165, 1.54) is 85.0 Å². The summed E-state index contributed by atoms with van der Waals surface area (Å²) in [5, 5.41) is 0. The van der Waals surface area contributed by atoms with Gasteiger partial charge in [0.2, 0.25) is 0 Å². The van der Waals surface area contributed by atoms with Gasteiger partial charge in [-0.1, -0.05) is 101 Å². The molecular weight excluding hydrogens is 284 g/mol. The predicted octanol–water partition coefficient (Wildman–Crippen LogP) is 6.27. The fraction of sp³-hybridized carbons (Fsp3) is 0.700. The highest BCUT2D eigenvalue weighted by molar-refractivity contribution is 6.35. The average Bonchev–Trinajstić information content (AvgIpc) is 2.56. The van der Waals surface area contributed by atoms with Crippen LogP contribution in [0.25, 0.3) is 0 Å². The third-order valence-corrected chi connectivity index (χ3v) is 5.38. The van der Waals surface area contributed by atoms with Gasteiger partial charge in [0.15, 0.2) is 0 Å². The standard InChI is InChI=1S/C20H34OSi/c1-2-3-4-5-6-12-17-22-18-13-8-11-16-21-19-20-14-9-7-10-15-20/h7,9-10,14-15H,2-6,8,11-13,16-19H2,1H3. The lowest BCUT2D eigenvalue weighted by molar-refractivity contribution is 0.117. The fourth-order valence-corrected chi connectivity index (χ4v) is 3.80. The van der Waals surface area contributed by atoms with Gasteiger partial charge in [-0.2, -0.15) is 0 Å². The molecule has 124 valence electrons. The summed E-state index contributed by atoms with van der Waals surface area (Å²) in [4.78, 5) is 0. The molecule has 0 aromatic heterocycles. The lowest BCUT2D eigenvalue weighted by Gasteiger charge is -2.04. The summed E-state index contributed by atoms with van der Waals surface area (Å²) in [5.41, 5.74) is 1.28. The van der Waals surface area contributed by atoms with E-state index < -0.39 is 0 Å². The van der Waals surface area contributed by atoms with Crippen molar-refractivity contribution in [3.05, 3.63) is 35.9 Å². The lowest BCUT2D eigenvalue weighted by Crippen LogP contribution is -1.96. The van der Waals surface area contributed by atoms with Crippen molar-refractivity contribution in [3.8, 4) is 0 Å². The lowest BCUT2D eigenvalue weighted by atomic mass is 10.1. The van der Waals surface area contributed by atoms with Crippen molar-refractivity contribution < 1.29 is 4.74 Å². The summed E-state index contributed by atoms with van der Waals surface area (Å²) in [6.45, 7) is 3.96. The molecular formula is C20H34OSi. The first-order valence-corrected chi connectivity index (χ1v) is 10.7. The van der Waals surface area contributed by atoms with Gasteiger partial charge in [0, 0.05) is 16.1 Å². The quantitative estimate of drug-likeness (QED) is 0.273. The number of ether oxygens (including phenoxy) is 1. The number of unbranched alkanes of at least 4 members (excludes halogenated alkanes) is 7. The second-order valence-electron chi connectivity index (χ2n) is 6.12. The second kappa shape index (κ2) is 15.3.